The van der Waals surface area contributed by atoms with Gasteiger partial charge in [0.25, 0.3) is 0 Å². The van der Waals surface area contributed by atoms with E-state index >= 15 is 0 Å². The molecule has 0 atom stereocenters. The van der Waals surface area contributed by atoms with E-state index in [-0.39, 0.29) is 0 Å². The van der Waals surface area contributed by atoms with Crippen LogP contribution in [-0.4, -0.2) is 13.3 Å². The van der Waals surface area contributed by atoms with Crippen LogP contribution in [0, 0.1) is 0 Å². The summed E-state index contributed by atoms with van der Waals surface area (Å²) in [6, 6.07) is 10.3. The van der Waals surface area contributed by atoms with E-state index in [1.807, 2.05) is 18.2 Å². The molecule has 0 aliphatic rings. The standard InChI is InChI=1S/C17H21FO/c1-3-17(12-11-15(2)14-18)19-13-7-10-16-8-5-4-6-9-16/h3-6,8-9,11-12H,1,7,10,13-14H2,2H3/b15-11-,17-12+. The van der Waals surface area contributed by atoms with E-state index in [0.29, 0.717) is 17.9 Å². The zero-order valence-electron chi connectivity index (χ0n) is 11.4. The number of aryl methyl sites for hydroxylation is 1. The normalized spacial score (nSPS) is 12.3. The molecule has 0 aliphatic carbocycles. The fourth-order valence-corrected chi connectivity index (χ4v) is 1.56. The van der Waals surface area contributed by atoms with Gasteiger partial charge in [0.2, 0.25) is 0 Å². The Labute approximate surface area is 115 Å². The van der Waals surface area contributed by atoms with E-state index in [1.165, 1.54) is 5.56 Å². The Morgan fingerprint density at radius 2 is 2.00 bits per heavy atom. The van der Waals surface area contributed by atoms with Crippen molar-refractivity contribution in [2.45, 2.75) is 19.8 Å². The Morgan fingerprint density at radius 1 is 1.26 bits per heavy atom. The Kier molecular flexibility index (Phi) is 7.33. The first-order chi connectivity index (χ1) is 9.26. The minimum atomic E-state index is -0.436. The lowest BCUT2D eigenvalue weighted by atomic mass is 10.1. The SMILES string of the molecule is C=C/C(=C\C=C(\C)CF)OCCCc1ccccc1. The van der Waals surface area contributed by atoms with Crippen LogP contribution in [0.15, 0.2) is 66.5 Å². The van der Waals surface area contributed by atoms with E-state index < -0.39 is 6.67 Å². The fraction of sp³-hybridized carbons (Fsp3) is 0.294. The molecule has 0 amide bonds. The summed E-state index contributed by atoms with van der Waals surface area (Å²) in [5.74, 6) is 0.681. The van der Waals surface area contributed by atoms with E-state index in [2.05, 4.69) is 18.7 Å². The Bertz CT molecular complexity index is 432. The van der Waals surface area contributed by atoms with Crippen LogP contribution < -0.4 is 0 Å². The molecule has 0 saturated heterocycles. The van der Waals surface area contributed by atoms with Gasteiger partial charge in [0.05, 0.1) is 6.61 Å². The van der Waals surface area contributed by atoms with Crippen LogP contribution in [0.5, 0.6) is 0 Å². The maximum absolute atomic E-state index is 12.3. The second kappa shape index (κ2) is 9.15. The number of hydrogen-bond donors (Lipinski definition) is 0. The smallest absolute Gasteiger partial charge is 0.118 e. The van der Waals surface area contributed by atoms with Gasteiger partial charge in [-0.3, -0.25) is 0 Å². The summed E-state index contributed by atoms with van der Waals surface area (Å²) in [6.07, 6.45) is 7.05. The molecule has 0 N–H and O–H groups in total. The average molecular weight is 260 g/mol. The molecule has 0 heterocycles. The summed E-state index contributed by atoms with van der Waals surface area (Å²) in [4.78, 5) is 0. The molecule has 0 aromatic heterocycles. The maximum Gasteiger partial charge on any atom is 0.118 e. The molecule has 0 fully saturated rings. The van der Waals surface area contributed by atoms with Crippen molar-refractivity contribution in [3.63, 3.8) is 0 Å². The van der Waals surface area contributed by atoms with Crippen LogP contribution in [0.4, 0.5) is 4.39 Å². The number of alkyl halides is 1. The molecule has 0 saturated carbocycles. The van der Waals surface area contributed by atoms with Gasteiger partial charge in [0.15, 0.2) is 0 Å². The van der Waals surface area contributed by atoms with E-state index in [4.69, 9.17) is 4.74 Å². The summed E-state index contributed by atoms with van der Waals surface area (Å²) >= 11 is 0. The zero-order chi connectivity index (χ0) is 13.9. The lowest BCUT2D eigenvalue weighted by Crippen LogP contribution is -1.95. The lowest BCUT2D eigenvalue weighted by Gasteiger charge is -2.06. The fourth-order valence-electron chi connectivity index (χ4n) is 1.56. The molecule has 1 aromatic rings. The summed E-state index contributed by atoms with van der Waals surface area (Å²) in [7, 11) is 0. The summed E-state index contributed by atoms with van der Waals surface area (Å²) < 4.78 is 17.9. The van der Waals surface area contributed by atoms with E-state index in [9.17, 15) is 4.39 Å². The molecular weight excluding hydrogens is 239 g/mol. The van der Waals surface area contributed by atoms with Crippen LogP contribution >= 0.6 is 0 Å². The third-order valence-corrected chi connectivity index (χ3v) is 2.67. The Morgan fingerprint density at radius 3 is 2.63 bits per heavy atom. The molecule has 0 aliphatic heterocycles. The second-order valence-electron chi connectivity index (χ2n) is 4.36. The first kappa shape index (κ1) is 15.2. The number of allylic oxidation sites excluding steroid dienone is 4. The van der Waals surface area contributed by atoms with Gasteiger partial charge in [0.1, 0.15) is 12.4 Å². The number of rotatable bonds is 8. The Balaban J connectivity index is 2.32. The zero-order valence-corrected chi connectivity index (χ0v) is 11.4. The molecule has 2 heteroatoms. The summed E-state index contributed by atoms with van der Waals surface area (Å²) in [6.45, 7) is 5.63. The van der Waals surface area contributed by atoms with Gasteiger partial charge < -0.3 is 4.74 Å². The molecule has 0 radical (unpaired) electrons. The number of ether oxygens (including phenoxy) is 1. The first-order valence-electron chi connectivity index (χ1n) is 6.49. The largest absolute Gasteiger partial charge is 0.494 e. The van der Waals surface area contributed by atoms with Gasteiger partial charge in [-0.05, 0) is 43.1 Å². The monoisotopic (exact) mass is 260 g/mol. The predicted molar refractivity (Wildman–Crippen MR) is 78.7 cm³/mol. The van der Waals surface area contributed by atoms with Crippen molar-refractivity contribution >= 4 is 0 Å². The Hall–Kier alpha value is -1.83. The molecule has 0 unspecified atom stereocenters. The first-order valence-corrected chi connectivity index (χ1v) is 6.49. The summed E-state index contributed by atoms with van der Waals surface area (Å²) in [5.41, 5.74) is 1.98. The van der Waals surface area contributed by atoms with Crippen molar-refractivity contribution < 1.29 is 9.13 Å². The van der Waals surface area contributed by atoms with Crippen LogP contribution in [-0.2, 0) is 11.2 Å². The van der Waals surface area contributed by atoms with Crippen LogP contribution in [0.3, 0.4) is 0 Å². The molecule has 0 spiro atoms. The highest BCUT2D eigenvalue weighted by molar-refractivity contribution is 5.19. The topological polar surface area (TPSA) is 9.23 Å². The third-order valence-electron chi connectivity index (χ3n) is 2.67. The van der Waals surface area contributed by atoms with E-state index in [0.717, 1.165) is 12.8 Å². The minimum Gasteiger partial charge on any atom is -0.494 e. The number of hydrogen-bond acceptors (Lipinski definition) is 1. The lowest BCUT2D eigenvalue weighted by molar-refractivity contribution is 0.220. The molecule has 1 rings (SSSR count). The molecule has 1 nitrogen and oxygen atoms in total. The number of halogens is 1. The van der Waals surface area contributed by atoms with Gasteiger partial charge in [-0.25, -0.2) is 4.39 Å². The van der Waals surface area contributed by atoms with Gasteiger partial charge >= 0.3 is 0 Å². The maximum atomic E-state index is 12.3. The highest BCUT2D eigenvalue weighted by Crippen LogP contribution is 2.06. The molecule has 102 valence electrons. The highest BCUT2D eigenvalue weighted by Gasteiger charge is 1.95. The van der Waals surface area contributed by atoms with Crippen molar-refractivity contribution in [3.05, 3.63) is 72.0 Å². The second-order valence-corrected chi connectivity index (χ2v) is 4.36. The quantitative estimate of drug-likeness (QED) is 0.376. The minimum absolute atomic E-state index is 0.436. The van der Waals surface area contributed by atoms with Crippen molar-refractivity contribution in [2.75, 3.05) is 13.3 Å². The van der Waals surface area contributed by atoms with Crippen molar-refractivity contribution in [1.82, 2.24) is 0 Å². The summed E-state index contributed by atoms with van der Waals surface area (Å²) in [5, 5.41) is 0. The average Bonchev–Trinajstić information content (AvgIpc) is 2.47. The van der Waals surface area contributed by atoms with Crippen LogP contribution in [0.1, 0.15) is 18.9 Å². The van der Waals surface area contributed by atoms with Crippen LogP contribution in [0.2, 0.25) is 0 Å². The van der Waals surface area contributed by atoms with Crippen molar-refractivity contribution in [3.8, 4) is 0 Å². The third kappa shape index (κ3) is 6.61. The van der Waals surface area contributed by atoms with Gasteiger partial charge in [0, 0.05) is 0 Å². The van der Waals surface area contributed by atoms with Gasteiger partial charge in [-0.1, -0.05) is 43.0 Å². The molecule has 0 bridgehead atoms. The van der Waals surface area contributed by atoms with Crippen LogP contribution in [0.25, 0.3) is 0 Å². The number of benzene rings is 1. The molecule has 19 heavy (non-hydrogen) atoms. The van der Waals surface area contributed by atoms with Crippen molar-refractivity contribution in [2.24, 2.45) is 0 Å². The van der Waals surface area contributed by atoms with Gasteiger partial charge in [-0.15, -0.1) is 0 Å². The molecule has 1 aromatic carbocycles. The highest BCUT2D eigenvalue weighted by atomic mass is 19.1. The predicted octanol–water partition coefficient (Wildman–Crippen LogP) is 4.62. The van der Waals surface area contributed by atoms with E-state index in [1.54, 1.807) is 25.2 Å². The van der Waals surface area contributed by atoms with Crippen molar-refractivity contribution in [1.29, 1.82) is 0 Å². The van der Waals surface area contributed by atoms with Gasteiger partial charge in [-0.2, -0.15) is 0 Å². The molecular formula is C17H21FO.